The van der Waals surface area contributed by atoms with Gasteiger partial charge >= 0.3 is 0 Å². The monoisotopic (exact) mass is 295 g/mol. The van der Waals surface area contributed by atoms with Crippen molar-refractivity contribution in [3.63, 3.8) is 0 Å². The number of nitrogens with zero attached hydrogens (tertiary/aromatic N) is 2. The Balaban J connectivity index is 2.01. The molecule has 0 spiro atoms. The number of piperazine rings is 1. The minimum Gasteiger partial charge on any atom is -0.312 e. The molecule has 3 unspecified atom stereocenters. The van der Waals surface area contributed by atoms with Crippen molar-refractivity contribution in [1.29, 1.82) is 0 Å². The first-order chi connectivity index (χ1) is 9.96. The summed E-state index contributed by atoms with van der Waals surface area (Å²) in [5.41, 5.74) is 0.514. The summed E-state index contributed by atoms with van der Waals surface area (Å²) in [4.78, 5) is 5.42. The van der Waals surface area contributed by atoms with E-state index in [1.165, 1.54) is 58.4 Å². The molecule has 0 aromatic heterocycles. The summed E-state index contributed by atoms with van der Waals surface area (Å²) in [6, 6.07) is 2.15. The van der Waals surface area contributed by atoms with Crippen LogP contribution in [0.5, 0.6) is 0 Å². The predicted molar refractivity (Wildman–Crippen MR) is 91.8 cm³/mol. The maximum absolute atomic E-state index is 3.84. The van der Waals surface area contributed by atoms with E-state index in [9.17, 15) is 0 Å². The fourth-order valence-corrected chi connectivity index (χ4v) is 4.29. The maximum atomic E-state index is 3.84. The van der Waals surface area contributed by atoms with Crippen LogP contribution in [0, 0.1) is 5.41 Å². The molecule has 124 valence electrons. The van der Waals surface area contributed by atoms with Crippen LogP contribution in [0.4, 0.5) is 0 Å². The van der Waals surface area contributed by atoms with Gasteiger partial charge in [0.1, 0.15) is 0 Å². The second kappa shape index (κ2) is 7.43. The van der Waals surface area contributed by atoms with Crippen LogP contribution in [0.2, 0.25) is 0 Å². The second-order valence-corrected chi connectivity index (χ2v) is 8.01. The van der Waals surface area contributed by atoms with E-state index < -0.39 is 0 Å². The molecule has 1 saturated heterocycles. The van der Waals surface area contributed by atoms with Crippen LogP contribution < -0.4 is 5.32 Å². The maximum Gasteiger partial charge on any atom is 0.0255 e. The SMILES string of the molecule is CCCNC1CCC(C)(C)CC1N1CCN(CC)C(C)C1. The first kappa shape index (κ1) is 17.2. The molecule has 0 amide bonds. The molecule has 3 heteroatoms. The topological polar surface area (TPSA) is 18.5 Å². The molecule has 0 bridgehead atoms. The van der Waals surface area contributed by atoms with Crippen molar-refractivity contribution in [2.24, 2.45) is 5.41 Å². The molecule has 0 radical (unpaired) electrons. The Hall–Kier alpha value is -0.120. The van der Waals surface area contributed by atoms with Crippen LogP contribution >= 0.6 is 0 Å². The standard InChI is InChI=1S/C18H37N3/c1-6-10-19-16-8-9-18(4,5)13-17(16)21-12-11-20(7-2)15(3)14-21/h15-17,19H,6-14H2,1-5H3. The highest BCUT2D eigenvalue weighted by molar-refractivity contribution is 4.96. The highest BCUT2D eigenvalue weighted by Crippen LogP contribution is 2.38. The summed E-state index contributed by atoms with van der Waals surface area (Å²) < 4.78 is 0. The molecule has 3 atom stereocenters. The average Bonchev–Trinajstić information content (AvgIpc) is 2.45. The van der Waals surface area contributed by atoms with Crippen molar-refractivity contribution < 1.29 is 0 Å². The van der Waals surface area contributed by atoms with E-state index in [4.69, 9.17) is 0 Å². The van der Waals surface area contributed by atoms with Gasteiger partial charge in [-0.15, -0.1) is 0 Å². The fraction of sp³-hybridized carbons (Fsp3) is 1.00. The van der Waals surface area contributed by atoms with E-state index in [1.54, 1.807) is 0 Å². The molecule has 2 rings (SSSR count). The third-order valence-electron chi connectivity index (χ3n) is 5.69. The van der Waals surface area contributed by atoms with Gasteiger partial charge in [0.25, 0.3) is 0 Å². The smallest absolute Gasteiger partial charge is 0.0255 e. The first-order valence-corrected chi connectivity index (χ1v) is 9.18. The zero-order chi connectivity index (χ0) is 15.5. The van der Waals surface area contributed by atoms with Crippen LogP contribution in [0.25, 0.3) is 0 Å². The normalized spacial score (nSPS) is 35.0. The number of rotatable bonds is 5. The molecule has 2 aliphatic rings. The largest absolute Gasteiger partial charge is 0.312 e. The van der Waals surface area contributed by atoms with Gasteiger partial charge in [-0.3, -0.25) is 9.80 Å². The Morgan fingerprint density at radius 3 is 2.57 bits per heavy atom. The van der Waals surface area contributed by atoms with Gasteiger partial charge in [-0.2, -0.15) is 0 Å². The summed E-state index contributed by atoms with van der Waals surface area (Å²) in [7, 11) is 0. The van der Waals surface area contributed by atoms with E-state index in [2.05, 4.69) is 49.7 Å². The van der Waals surface area contributed by atoms with Crippen LogP contribution in [0.15, 0.2) is 0 Å². The van der Waals surface area contributed by atoms with Crippen molar-refractivity contribution in [1.82, 2.24) is 15.1 Å². The highest BCUT2D eigenvalue weighted by atomic mass is 15.3. The highest BCUT2D eigenvalue weighted by Gasteiger charge is 2.39. The van der Waals surface area contributed by atoms with Gasteiger partial charge in [0.2, 0.25) is 0 Å². The van der Waals surface area contributed by atoms with E-state index >= 15 is 0 Å². The van der Waals surface area contributed by atoms with Crippen molar-refractivity contribution >= 4 is 0 Å². The van der Waals surface area contributed by atoms with Gasteiger partial charge in [-0.05, 0) is 51.1 Å². The summed E-state index contributed by atoms with van der Waals surface area (Å²) >= 11 is 0. The van der Waals surface area contributed by atoms with Gasteiger partial charge in [-0.25, -0.2) is 0 Å². The van der Waals surface area contributed by atoms with Crippen molar-refractivity contribution in [2.75, 3.05) is 32.7 Å². The Bertz CT molecular complexity index is 316. The Kier molecular flexibility index (Phi) is 6.10. The second-order valence-electron chi connectivity index (χ2n) is 8.01. The fourth-order valence-electron chi connectivity index (χ4n) is 4.29. The number of hydrogen-bond donors (Lipinski definition) is 1. The minimum absolute atomic E-state index is 0.514. The molecule has 1 heterocycles. The Morgan fingerprint density at radius 2 is 1.95 bits per heavy atom. The summed E-state index contributed by atoms with van der Waals surface area (Å²) in [5.74, 6) is 0. The minimum atomic E-state index is 0.514. The zero-order valence-corrected chi connectivity index (χ0v) is 15.0. The lowest BCUT2D eigenvalue weighted by molar-refractivity contribution is 0.00883. The molecule has 0 aromatic rings. The molecular formula is C18H37N3. The third-order valence-corrected chi connectivity index (χ3v) is 5.69. The lowest BCUT2D eigenvalue weighted by Gasteiger charge is -2.50. The third kappa shape index (κ3) is 4.43. The van der Waals surface area contributed by atoms with Crippen LogP contribution in [-0.2, 0) is 0 Å². The average molecular weight is 296 g/mol. The van der Waals surface area contributed by atoms with E-state index in [-0.39, 0.29) is 0 Å². The molecule has 1 aliphatic heterocycles. The Labute approximate surface area is 132 Å². The summed E-state index contributed by atoms with van der Waals surface area (Å²) in [6.07, 6.45) is 5.31. The molecule has 1 N–H and O–H groups in total. The van der Waals surface area contributed by atoms with Crippen LogP contribution in [0.1, 0.15) is 60.3 Å². The van der Waals surface area contributed by atoms with Gasteiger partial charge in [0.05, 0.1) is 0 Å². The number of nitrogens with one attached hydrogen (secondary N) is 1. The lowest BCUT2D eigenvalue weighted by atomic mass is 9.72. The van der Waals surface area contributed by atoms with Gasteiger partial charge < -0.3 is 5.32 Å². The molecule has 0 aromatic carbocycles. The molecular weight excluding hydrogens is 258 g/mol. The van der Waals surface area contributed by atoms with E-state index in [1.807, 2.05) is 0 Å². The Morgan fingerprint density at radius 1 is 1.19 bits per heavy atom. The van der Waals surface area contributed by atoms with Crippen LogP contribution in [0.3, 0.4) is 0 Å². The van der Waals surface area contributed by atoms with Crippen molar-refractivity contribution in [3.8, 4) is 0 Å². The summed E-state index contributed by atoms with van der Waals surface area (Å²) in [5, 5.41) is 3.84. The van der Waals surface area contributed by atoms with Crippen molar-refractivity contribution in [2.45, 2.75) is 78.4 Å². The number of likely N-dealkylation sites (N-methyl/N-ethyl adjacent to an activating group) is 1. The molecule has 2 fully saturated rings. The van der Waals surface area contributed by atoms with E-state index in [0.717, 1.165) is 6.04 Å². The molecule has 1 aliphatic carbocycles. The van der Waals surface area contributed by atoms with Gasteiger partial charge in [0, 0.05) is 37.8 Å². The predicted octanol–water partition coefficient (Wildman–Crippen LogP) is 2.96. The lowest BCUT2D eigenvalue weighted by Crippen LogP contribution is -2.61. The van der Waals surface area contributed by atoms with Gasteiger partial charge in [0.15, 0.2) is 0 Å². The quantitative estimate of drug-likeness (QED) is 0.841. The van der Waals surface area contributed by atoms with Crippen LogP contribution in [-0.4, -0.2) is 60.6 Å². The molecule has 3 nitrogen and oxygen atoms in total. The number of hydrogen-bond acceptors (Lipinski definition) is 3. The van der Waals surface area contributed by atoms with Gasteiger partial charge in [-0.1, -0.05) is 27.7 Å². The van der Waals surface area contributed by atoms with E-state index in [0.29, 0.717) is 17.5 Å². The summed E-state index contributed by atoms with van der Waals surface area (Å²) in [6.45, 7) is 18.0. The zero-order valence-electron chi connectivity index (χ0n) is 15.0. The van der Waals surface area contributed by atoms with Crippen molar-refractivity contribution in [3.05, 3.63) is 0 Å². The molecule has 1 saturated carbocycles. The molecule has 21 heavy (non-hydrogen) atoms. The first-order valence-electron chi connectivity index (χ1n) is 9.18.